The molecule has 1 heteroatoms. The number of hydrogen-bond acceptors (Lipinski definition) is 1. The summed E-state index contributed by atoms with van der Waals surface area (Å²) in [5.41, 5.74) is 23.8. The van der Waals surface area contributed by atoms with E-state index in [1.807, 2.05) is 0 Å². The van der Waals surface area contributed by atoms with E-state index >= 15 is 0 Å². The summed E-state index contributed by atoms with van der Waals surface area (Å²) in [5, 5.41) is 2.55. The van der Waals surface area contributed by atoms with Gasteiger partial charge in [-0.25, -0.2) is 4.98 Å². The van der Waals surface area contributed by atoms with E-state index in [4.69, 9.17) is 4.98 Å². The van der Waals surface area contributed by atoms with Crippen molar-refractivity contribution in [3.8, 4) is 89.3 Å². The van der Waals surface area contributed by atoms with Crippen LogP contribution in [-0.4, -0.2) is 4.98 Å². The lowest BCUT2D eigenvalue weighted by atomic mass is 9.69. The molecule has 0 radical (unpaired) electrons. The molecule has 0 unspecified atom stereocenters. The second kappa shape index (κ2) is 14.9. The van der Waals surface area contributed by atoms with Gasteiger partial charge in [-0.3, -0.25) is 0 Å². The summed E-state index contributed by atoms with van der Waals surface area (Å²) in [4.78, 5) is 5.39. The van der Waals surface area contributed by atoms with Gasteiger partial charge in [-0.05, 0) is 130 Å². The zero-order valence-corrected chi connectivity index (χ0v) is 35.6. The van der Waals surface area contributed by atoms with Crippen molar-refractivity contribution in [2.24, 2.45) is 0 Å². The van der Waals surface area contributed by atoms with Crippen molar-refractivity contribution < 1.29 is 0 Å². The zero-order valence-electron chi connectivity index (χ0n) is 35.6. The molecule has 0 amide bonds. The Morgan fingerprint density at radius 3 is 1.28 bits per heavy atom. The van der Waals surface area contributed by atoms with Gasteiger partial charge >= 0.3 is 0 Å². The monoisotopic (exact) mass is 823 g/mol. The van der Waals surface area contributed by atoms with Crippen LogP contribution in [0.15, 0.2) is 249 Å². The van der Waals surface area contributed by atoms with Crippen LogP contribution in [0, 0.1) is 0 Å². The standard InChI is InChI=1S/C64H41N/c1-3-17-42(18-4-1)46-22-15-24-49(37-46)60-40-51(41-61(65-60)50-25-16-23-47(38-50)43-19-5-2-6-20-43)44-33-35-45(36-34-44)56-39-48-21-7-8-26-52(48)63-62(56)55-29-11-14-32-59(55)64(63)57-30-12-9-27-53(57)54-28-10-13-31-58(54)64/h1-41H. The molecule has 0 atom stereocenters. The van der Waals surface area contributed by atoms with E-state index in [2.05, 4.69) is 249 Å². The molecule has 2 aliphatic rings. The predicted octanol–water partition coefficient (Wildman–Crippen LogP) is 16.6. The van der Waals surface area contributed by atoms with Gasteiger partial charge in [-0.1, -0.05) is 218 Å². The van der Waals surface area contributed by atoms with Gasteiger partial charge in [0.2, 0.25) is 0 Å². The van der Waals surface area contributed by atoms with Crippen molar-refractivity contribution in [2.75, 3.05) is 0 Å². The highest BCUT2D eigenvalue weighted by Gasteiger charge is 2.52. The van der Waals surface area contributed by atoms with Gasteiger partial charge in [-0.2, -0.15) is 0 Å². The molecule has 0 bridgehead atoms. The number of hydrogen-bond donors (Lipinski definition) is 0. The molecule has 1 aromatic heterocycles. The molecular weight excluding hydrogens is 783 g/mol. The highest BCUT2D eigenvalue weighted by Crippen LogP contribution is 2.65. The molecule has 1 nitrogen and oxygen atoms in total. The zero-order chi connectivity index (χ0) is 42.9. The third kappa shape index (κ3) is 5.83. The molecule has 13 rings (SSSR count). The fourth-order valence-electron chi connectivity index (χ4n) is 11.0. The quantitative estimate of drug-likeness (QED) is 0.163. The van der Waals surface area contributed by atoms with Crippen molar-refractivity contribution >= 4 is 10.8 Å². The van der Waals surface area contributed by atoms with E-state index in [0.29, 0.717) is 0 Å². The molecule has 1 spiro atoms. The maximum atomic E-state index is 5.39. The summed E-state index contributed by atoms with van der Waals surface area (Å²) in [7, 11) is 0. The van der Waals surface area contributed by atoms with Crippen LogP contribution >= 0.6 is 0 Å². The molecule has 0 aliphatic heterocycles. The average molecular weight is 824 g/mol. The number of aromatic nitrogens is 1. The first-order valence-electron chi connectivity index (χ1n) is 22.5. The molecule has 0 N–H and O–H groups in total. The van der Waals surface area contributed by atoms with Gasteiger partial charge in [0.05, 0.1) is 16.8 Å². The summed E-state index contributed by atoms with van der Waals surface area (Å²) in [5.74, 6) is 0. The van der Waals surface area contributed by atoms with E-state index < -0.39 is 5.41 Å². The second-order valence-electron chi connectivity index (χ2n) is 17.4. The summed E-state index contributed by atoms with van der Waals surface area (Å²) in [6.07, 6.45) is 0. The van der Waals surface area contributed by atoms with Crippen LogP contribution in [0.3, 0.4) is 0 Å². The molecular formula is C64H41N. The number of pyridine rings is 1. The summed E-state index contributed by atoms with van der Waals surface area (Å²) in [6.45, 7) is 0. The molecule has 10 aromatic carbocycles. The summed E-state index contributed by atoms with van der Waals surface area (Å²) in [6, 6.07) is 91.2. The minimum absolute atomic E-state index is 0.436. The van der Waals surface area contributed by atoms with Gasteiger partial charge in [-0.15, -0.1) is 0 Å². The van der Waals surface area contributed by atoms with E-state index in [-0.39, 0.29) is 0 Å². The lowest BCUT2D eigenvalue weighted by Gasteiger charge is -2.31. The maximum Gasteiger partial charge on any atom is 0.0731 e. The molecule has 0 saturated heterocycles. The normalized spacial score (nSPS) is 12.7. The number of rotatable bonds is 6. The molecule has 1 heterocycles. The molecule has 11 aromatic rings. The minimum atomic E-state index is -0.436. The number of fused-ring (bicyclic) bond motifs is 12. The average Bonchev–Trinajstić information content (AvgIpc) is 3.87. The third-order valence-electron chi connectivity index (χ3n) is 13.9. The van der Waals surface area contributed by atoms with Crippen LogP contribution < -0.4 is 0 Å². The fraction of sp³-hybridized carbons (Fsp3) is 0.0156. The largest absolute Gasteiger partial charge is 0.248 e. The Morgan fingerprint density at radius 2 is 0.692 bits per heavy atom. The van der Waals surface area contributed by atoms with Crippen LogP contribution in [-0.2, 0) is 5.41 Å². The maximum absolute atomic E-state index is 5.39. The molecule has 0 saturated carbocycles. The highest BCUT2D eigenvalue weighted by molar-refractivity contribution is 6.09. The van der Waals surface area contributed by atoms with Crippen LogP contribution in [0.1, 0.15) is 22.3 Å². The lowest BCUT2D eigenvalue weighted by molar-refractivity contribution is 0.801. The van der Waals surface area contributed by atoms with Gasteiger partial charge in [0.1, 0.15) is 0 Å². The Hall–Kier alpha value is -8.39. The summed E-state index contributed by atoms with van der Waals surface area (Å²) >= 11 is 0. The molecule has 2 aliphatic carbocycles. The minimum Gasteiger partial charge on any atom is -0.248 e. The first-order chi connectivity index (χ1) is 32.2. The van der Waals surface area contributed by atoms with Crippen LogP contribution in [0.25, 0.3) is 100 Å². The SMILES string of the molecule is c1ccc(-c2cccc(-c3cc(-c4ccc(-c5cc6ccccc6c6c5-c5ccccc5C65c6ccccc6-c6ccccc65)cc4)cc(-c4cccc(-c5ccccc5)c4)n3)c2)cc1. The van der Waals surface area contributed by atoms with Crippen molar-refractivity contribution in [3.05, 3.63) is 271 Å². The van der Waals surface area contributed by atoms with Gasteiger partial charge in [0, 0.05) is 11.1 Å². The first kappa shape index (κ1) is 37.2. The Labute approximate surface area is 379 Å². The molecule has 65 heavy (non-hydrogen) atoms. The van der Waals surface area contributed by atoms with Crippen molar-refractivity contribution in [3.63, 3.8) is 0 Å². The topological polar surface area (TPSA) is 12.9 Å². The lowest BCUT2D eigenvalue weighted by Crippen LogP contribution is -2.26. The molecule has 0 fully saturated rings. The smallest absolute Gasteiger partial charge is 0.0731 e. The van der Waals surface area contributed by atoms with E-state index in [0.717, 1.165) is 33.6 Å². The Bertz CT molecular complexity index is 3490. The predicted molar refractivity (Wildman–Crippen MR) is 271 cm³/mol. The van der Waals surface area contributed by atoms with Gasteiger partial charge in [0.25, 0.3) is 0 Å². The van der Waals surface area contributed by atoms with E-state index in [1.54, 1.807) is 0 Å². The van der Waals surface area contributed by atoms with Crippen LogP contribution in [0.2, 0.25) is 0 Å². The van der Waals surface area contributed by atoms with Gasteiger partial charge in [0.15, 0.2) is 0 Å². The Balaban J connectivity index is 0.988. The highest BCUT2D eigenvalue weighted by atomic mass is 14.7. The van der Waals surface area contributed by atoms with Gasteiger partial charge < -0.3 is 0 Å². The first-order valence-corrected chi connectivity index (χ1v) is 22.5. The number of nitrogens with zero attached hydrogens (tertiary/aromatic N) is 1. The third-order valence-corrected chi connectivity index (χ3v) is 13.9. The molecule has 302 valence electrons. The fourth-order valence-corrected chi connectivity index (χ4v) is 11.0. The van der Waals surface area contributed by atoms with E-state index in [1.165, 1.54) is 88.7 Å². The van der Waals surface area contributed by atoms with Crippen LogP contribution in [0.4, 0.5) is 0 Å². The van der Waals surface area contributed by atoms with Crippen molar-refractivity contribution in [1.29, 1.82) is 0 Å². The van der Waals surface area contributed by atoms with E-state index in [9.17, 15) is 0 Å². The summed E-state index contributed by atoms with van der Waals surface area (Å²) < 4.78 is 0. The Morgan fingerprint density at radius 1 is 0.262 bits per heavy atom. The van der Waals surface area contributed by atoms with Crippen molar-refractivity contribution in [2.45, 2.75) is 5.41 Å². The Kier molecular flexibility index (Phi) is 8.51. The number of benzene rings is 10. The second-order valence-corrected chi connectivity index (χ2v) is 17.4. The van der Waals surface area contributed by atoms with Crippen LogP contribution in [0.5, 0.6) is 0 Å². The van der Waals surface area contributed by atoms with Crippen molar-refractivity contribution in [1.82, 2.24) is 4.98 Å².